The molecule has 1 unspecified atom stereocenters. The van der Waals surface area contributed by atoms with Gasteiger partial charge < -0.3 is 14.8 Å². The number of benzene rings is 1. The summed E-state index contributed by atoms with van der Waals surface area (Å²) >= 11 is 1.67. The summed E-state index contributed by atoms with van der Waals surface area (Å²) in [5, 5.41) is 4.51. The smallest absolute Gasteiger partial charge is 0.138 e. The molecule has 5 nitrogen and oxygen atoms in total. The van der Waals surface area contributed by atoms with Crippen molar-refractivity contribution in [1.29, 1.82) is 0 Å². The predicted molar refractivity (Wildman–Crippen MR) is 93.7 cm³/mol. The average Bonchev–Trinajstić information content (AvgIpc) is 2.95. The first-order valence-corrected chi connectivity index (χ1v) is 8.13. The number of hydrogen-bond donors (Lipinski definition) is 1. The Bertz CT molecular complexity index is 832. The molecular weight excluding hydrogens is 310 g/mol. The highest BCUT2D eigenvalue weighted by atomic mass is 32.1. The summed E-state index contributed by atoms with van der Waals surface area (Å²) < 4.78 is 10.7. The van der Waals surface area contributed by atoms with Crippen molar-refractivity contribution in [3.63, 3.8) is 0 Å². The Balaban J connectivity index is 1.93. The summed E-state index contributed by atoms with van der Waals surface area (Å²) in [6.45, 7) is 4.16. The molecule has 23 heavy (non-hydrogen) atoms. The third kappa shape index (κ3) is 3.07. The van der Waals surface area contributed by atoms with Crippen LogP contribution >= 0.6 is 11.3 Å². The zero-order chi connectivity index (χ0) is 16.4. The van der Waals surface area contributed by atoms with E-state index in [1.807, 2.05) is 18.2 Å². The van der Waals surface area contributed by atoms with E-state index in [2.05, 4.69) is 35.2 Å². The van der Waals surface area contributed by atoms with Crippen LogP contribution < -0.4 is 14.8 Å². The largest absolute Gasteiger partial charge is 0.497 e. The Morgan fingerprint density at radius 2 is 1.96 bits per heavy atom. The minimum atomic E-state index is 0.0363. The molecule has 0 aliphatic carbocycles. The minimum Gasteiger partial charge on any atom is -0.497 e. The molecule has 0 aliphatic heterocycles. The summed E-state index contributed by atoms with van der Waals surface area (Å²) in [5.41, 5.74) is 1.05. The van der Waals surface area contributed by atoms with Crippen LogP contribution in [0.3, 0.4) is 0 Å². The number of nitrogens with zero attached hydrogens (tertiary/aromatic N) is 2. The molecule has 0 amide bonds. The van der Waals surface area contributed by atoms with E-state index in [-0.39, 0.29) is 6.04 Å². The van der Waals surface area contributed by atoms with Crippen LogP contribution in [0.1, 0.15) is 23.4 Å². The van der Waals surface area contributed by atoms with E-state index in [0.717, 1.165) is 33.1 Å². The van der Waals surface area contributed by atoms with Crippen LogP contribution in [0.5, 0.6) is 11.5 Å². The lowest BCUT2D eigenvalue weighted by Gasteiger charge is -2.18. The summed E-state index contributed by atoms with van der Waals surface area (Å²) in [6, 6.07) is 7.97. The molecule has 1 atom stereocenters. The second kappa shape index (κ2) is 6.42. The molecule has 0 fully saturated rings. The van der Waals surface area contributed by atoms with Gasteiger partial charge in [-0.05, 0) is 32.0 Å². The Kier molecular flexibility index (Phi) is 4.34. The number of aryl methyl sites for hydroxylation is 1. The molecule has 3 rings (SSSR count). The average molecular weight is 329 g/mol. The fourth-order valence-electron chi connectivity index (χ4n) is 2.55. The van der Waals surface area contributed by atoms with Gasteiger partial charge in [-0.15, -0.1) is 11.3 Å². The van der Waals surface area contributed by atoms with Gasteiger partial charge in [-0.2, -0.15) is 0 Å². The normalized spacial score (nSPS) is 12.2. The number of nitrogens with one attached hydrogen (secondary N) is 1. The van der Waals surface area contributed by atoms with Gasteiger partial charge in [0.1, 0.15) is 28.5 Å². The fourth-order valence-corrected chi connectivity index (χ4v) is 3.40. The van der Waals surface area contributed by atoms with Gasteiger partial charge in [0.05, 0.1) is 25.6 Å². The van der Waals surface area contributed by atoms with Crippen LogP contribution in [0, 0.1) is 6.92 Å². The number of hydrogen-bond acceptors (Lipinski definition) is 6. The van der Waals surface area contributed by atoms with Crippen LogP contribution in [0.4, 0.5) is 5.82 Å². The van der Waals surface area contributed by atoms with Crippen molar-refractivity contribution in [1.82, 2.24) is 9.97 Å². The number of fused-ring (bicyclic) bond motifs is 1. The molecular formula is C17H19N3O2S. The number of methoxy groups -OCH3 is 2. The van der Waals surface area contributed by atoms with Crippen molar-refractivity contribution in [2.24, 2.45) is 0 Å². The van der Waals surface area contributed by atoms with E-state index in [0.29, 0.717) is 0 Å². The maximum Gasteiger partial charge on any atom is 0.138 e. The van der Waals surface area contributed by atoms with E-state index < -0.39 is 0 Å². The van der Waals surface area contributed by atoms with E-state index >= 15 is 0 Å². The fraction of sp³-hybridized carbons (Fsp3) is 0.294. The van der Waals surface area contributed by atoms with Gasteiger partial charge in [0.15, 0.2) is 0 Å². The molecule has 0 saturated carbocycles. The zero-order valence-electron chi connectivity index (χ0n) is 13.6. The van der Waals surface area contributed by atoms with Crippen molar-refractivity contribution in [2.75, 3.05) is 19.5 Å². The maximum absolute atomic E-state index is 5.49. The summed E-state index contributed by atoms with van der Waals surface area (Å²) in [7, 11) is 3.31. The van der Waals surface area contributed by atoms with E-state index in [1.165, 1.54) is 4.88 Å². The Morgan fingerprint density at radius 3 is 2.70 bits per heavy atom. The molecule has 2 aromatic heterocycles. The topological polar surface area (TPSA) is 56.3 Å². The second-order valence-corrected chi connectivity index (χ2v) is 6.51. The quantitative estimate of drug-likeness (QED) is 0.760. The van der Waals surface area contributed by atoms with E-state index in [9.17, 15) is 0 Å². The summed E-state index contributed by atoms with van der Waals surface area (Å²) in [4.78, 5) is 10.9. The van der Waals surface area contributed by atoms with Gasteiger partial charge in [-0.25, -0.2) is 9.97 Å². The number of anilines is 1. The number of aromatic nitrogens is 2. The molecule has 0 aliphatic rings. The molecule has 0 saturated heterocycles. The van der Waals surface area contributed by atoms with E-state index in [4.69, 9.17) is 9.47 Å². The van der Waals surface area contributed by atoms with Gasteiger partial charge in [0.25, 0.3) is 0 Å². The van der Waals surface area contributed by atoms with Crippen molar-refractivity contribution < 1.29 is 9.47 Å². The Hall–Kier alpha value is -2.34. The maximum atomic E-state index is 5.49. The highest BCUT2D eigenvalue weighted by molar-refractivity contribution is 7.18. The predicted octanol–water partition coefficient (Wildman–Crippen LogP) is 4.19. The van der Waals surface area contributed by atoms with Crippen LogP contribution in [-0.4, -0.2) is 24.2 Å². The zero-order valence-corrected chi connectivity index (χ0v) is 14.4. The lowest BCUT2D eigenvalue weighted by atomic mass is 10.1. The Labute approximate surface area is 139 Å². The summed E-state index contributed by atoms with van der Waals surface area (Å²) in [6.07, 6.45) is 1.60. The molecule has 2 heterocycles. The SMILES string of the molecule is COc1ccc(C(C)Nc2ncnc3sc(C)cc23)c(OC)c1. The van der Waals surface area contributed by atoms with Gasteiger partial charge in [-0.3, -0.25) is 0 Å². The van der Waals surface area contributed by atoms with Gasteiger partial charge >= 0.3 is 0 Å². The van der Waals surface area contributed by atoms with Gasteiger partial charge in [0.2, 0.25) is 0 Å². The standard InChI is InChI=1S/C17H19N3O2S/c1-10-7-14-16(18-9-19-17(14)23-10)20-11(2)13-6-5-12(21-3)8-15(13)22-4/h5-9,11H,1-4H3,(H,18,19,20). The molecule has 0 bridgehead atoms. The van der Waals surface area contributed by atoms with Crippen molar-refractivity contribution in [2.45, 2.75) is 19.9 Å². The molecule has 0 radical (unpaired) electrons. The van der Waals surface area contributed by atoms with Crippen molar-refractivity contribution in [3.05, 3.63) is 41.0 Å². The number of ether oxygens (including phenoxy) is 2. The molecule has 1 N–H and O–H groups in total. The molecule has 3 aromatic rings. The van der Waals surface area contributed by atoms with Crippen molar-refractivity contribution >= 4 is 27.4 Å². The highest BCUT2D eigenvalue weighted by Crippen LogP contribution is 2.33. The third-order valence-electron chi connectivity index (χ3n) is 3.71. The monoisotopic (exact) mass is 329 g/mol. The number of thiophene rings is 1. The first-order valence-electron chi connectivity index (χ1n) is 7.32. The van der Waals surface area contributed by atoms with E-state index in [1.54, 1.807) is 31.9 Å². The first kappa shape index (κ1) is 15.6. The minimum absolute atomic E-state index is 0.0363. The number of rotatable bonds is 5. The third-order valence-corrected chi connectivity index (χ3v) is 4.67. The van der Waals surface area contributed by atoms with Crippen LogP contribution in [0.25, 0.3) is 10.2 Å². The van der Waals surface area contributed by atoms with Gasteiger partial charge in [-0.1, -0.05) is 0 Å². The molecule has 120 valence electrons. The van der Waals surface area contributed by atoms with Crippen molar-refractivity contribution in [3.8, 4) is 11.5 Å². The molecule has 6 heteroatoms. The van der Waals surface area contributed by atoms with Crippen LogP contribution in [0.2, 0.25) is 0 Å². The van der Waals surface area contributed by atoms with Crippen LogP contribution in [0.15, 0.2) is 30.6 Å². The second-order valence-electron chi connectivity index (χ2n) is 5.27. The molecule has 1 aromatic carbocycles. The lowest BCUT2D eigenvalue weighted by molar-refractivity contribution is 0.390. The van der Waals surface area contributed by atoms with Gasteiger partial charge in [0, 0.05) is 16.5 Å². The molecule has 0 spiro atoms. The van der Waals surface area contributed by atoms with Crippen LogP contribution in [-0.2, 0) is 0 Å². The lowest BCUT2D eigenvalue weighted by Crippen LogP contribution is -2.09. The Morgan fingerprint density at radius 1 is 1.13 bits per heavy atom. The summed E-state index contributed by atoms with van der Waals surface area (Å²) in [5.74, 6) is 2.40. The highest BCUT2D eigenvalue weighted by Gasteiger charge is 2.15. The first-order chi connectivity index (χ1) is 11.1.